The number of piperazine rings is 1. The van der Waals surface area contributed by atoms with Gasteiger partial charge in [0.15, 0.2) is 0 Å². The van der Waals surface area contributed by atoms with Crippen LogP contribution in [0.5, 0.6) is 0 Å². The molecule has 0 radical (unpaired) electrons. The molecular weight excluding hydrogens is 466 g/mol. The highest BCUT2D eigenvalue weighted by atomic mass is 32.1. The standard InChI is InChI=1S/C24H31N7O3S/c1-16-21(35-28-27-16)22(32)26-19-15-18(24(34)30-9-2-7-25-8-10-30)5-6-20(19)29-11-13-31(14-12-29)23(33)17-3-4-17/h5-6,15,17,25H,2-4,7-14H2,1H3,(H,26,32). The summed E-state index contributed by atoms with van der Waals surface area (Å²) in [5.74, 6) is 0.155. The van der Waals surface area contributed by atoms with Gasteiger partial charge in [0, 0.05) is 57.3 Å². The zero-order chi connectivity index (χ0) is 24.4. The number of anilines is 2. The summed E-state index contributed by atoms with van der Waals surface area (Å²) in [7, 11) is 0. The molecule has 3 heterocycles. The highest BCUT2D eigenvalue weighted by molar-refractivity contribution is 7.08. The third-order valence-corrected chi connectivity index (χ3v) is 7.66. The molecule has 1 aromatic carbocycles. The molecule has 0 unspecified atom stereocenters. The van der Waals surface area contributed by atoms with E-state index < -0.39 is 0 Å². The summed E-state index contributed by atoms with van der Waals surface area (Å²) in [6.07, 6.45) is 2.92. The van der Waals surface area contributed by atoms with Gasteiger partial charge < -0.3 is 25.3 Å². The topological polar surface area (TPSA) is 111 Å². The second-order valence-corrected chi connectivity index (χ2v) is 10.1. The van der Waals surface area contributed by atoms with Gasteiger partial charge in [-0.3, -0.25) is 14.4 Å². The van der Waals surface area contributed by atoms with Gasteiger partial charge in [-0.25, -0.2) is 0 Å². The summed E-state index contributed by atoms with van der Waals surface area (Å²) in [4.78, 5) is 45.2. The Hall–Kier alpha value is -3.05. The minimum atomic E-state index is -0.287. The van der Waals surface area contributed by atoms with Crippen molar-refractivity contribution >= 4 is 40.6 Å². The van der Waals surface area contributed by atoms with Gasteiger partial charge in [-0.1, -0.05) is 4.49 Å². The second kappa shape index (κ2) is 10.3. The Morgan fingerprint density at radius 2 is 1.83 bits per heavy atom. The largest absolute Gasteiger partial charge is 0.366 e. The van der Waals surface area contributed by atoms with Crippen LogP contribution >= 0.6 is 11.5 Å². The van der Waals surface area contributed by atoms with Crippen molar-refractivity contribution in [1.29, 1.82) is 0 Å². The Morgan fingerprint density at radius 1 is 1.03 bits per heavy atom. The Labute approximate surface area is 208 Å². The lowest BCUT2D eigenvalue weighted by Gasteiger charge is -2.37. The molecule has 3 amide bonds. The highest BCUT2D eigenvalue weighted by Gasteiger charge is 2.35. The van der Waals surface area contributed by atoms with Gasteiger partial charge in [-0.15, -0.1) is 5.10 Å². The van der Waals surface area contributed by atoms with E-state index in [0.29, 0.717) is 61.1 Å². The summed E-state index contributed by atoms with van der Waals surface area (Å²) >= 11 is 1.05. The van der Waals surface area contributed by atoms with E-state index in [4.69, 9.17) is 0 Å². The summed E-state index contributed by atoms with van der Waals surface area (Å²) < 4.78 is 3.87. The first kappa shape index (κ1) is 23.7. The maximum absolute atomic E-state index is 13.3. The third-order valence-electron chi connectivity index (χ3n) is 6.84. The van der Waals surface area contributed by atoms with Crippen LogP contribution in [0.2, 0.25) is 0 Å². The van der Waals surface area contributed by atoms with Gasteiger partial charge >= 0.3 is 0 Å². The molecule has 2 aromatic rings. The molecule has 35 heavy (non-hydrogen) atoms. The first-order chi connectivity index (χ1) is 17.0. The Bertz CT molecular complexity index is 1100. The van der Waals surface area contributed by atoms with Crippen LogP contribution < -0.4 is 15.5 Å². The monoisotopic (exact) mass is 497 g/mol. The molecule has 10 nitrogen and oxygen atoms in total. The summed E-state index contributed by atoms with van der Waals surface area (Å²) in [5.41, 5.74) is 2.56. The van der Waals surface area contributed by atoms with Crippen LogP contribution in [0.4, 0.5) is 11.4 Å². The second-order valence-electron chi connectivity index (χ2n) is 9.36. The molecular formula is C24H31N7O3S. The number of benzene rings is 1. The average molecular weight is 498 g/mol. The Kier molecular flexibility index (Phi) is 6.96. The number of amides is 3. The van der Waals surface area contributed by atoms with Crippen molar-refractivity contribution in [3.8, 4) is 0 Å². The maximum atomic E-state index is 13.3. The molecule has 186 valence electrons. The molecule has 0 atom stereocenters. The molecule has 0 spiro atoms. The van der Waals surface area contributed by atoms with Crippen LogP contribution in [0.25, 0.3) is 0 Å². The van der Waals surface area contributed by atoms with Crippen molar-refractivity contribution in [2.45, 2.75) is 26.2 Å². The fourth-order valence-corrected chi connectivity index (χ4v) is 5.20. The zero-order valence-electron chi connectivity index (χ0n) is 20.0. The van der Waals surface area contributed by atoms with Gasteiger partial charge in [0.1, 0.15) is 4.88 Å². The lowest BCUT2D eigenvalue weighted by Crippen LogP contribution is -2.49. The summed E-state index contributed by atoms with van der Waals surface area (Å²) in [6, 6.07) is 5.53. The van der Waals surface area contributed by atoms with Gasteiger partial charge in [0.2, 0.25) is 5.91 Å². The minimum Gasteiger partial charge on any atom is -0.366 e. The number of carbonyl (C=O) groups is 3. The normalized spacial score (nSPS) is 18.8. The molecule has 1 aromatic heterocycles. The lowest BCUT2D eigenvalue weighted by molar-refractivity contribution is -0.132. The van der Waals surface area contributed by atoms with Crippen molar-refractivity contribution in [1.82, 2.24) is 24.7 Å². The number of hydrogen-bond donors (Lipinski definition) is 2. The van der Waals surface area contributed by atoms with Crippen LogP contribution in [0.3, 0.4) is 0 Å². The molecule has 0 bridgehead atoms. The molecule has 2 N–H and O–H groups in total. The van der Waals surface area contributed by atoms with Gasteiger partial charge in [-0.05, 0) is 62.5 Å². The van der Waals surface area contributed by atoms with E-state index >= 15 is 0 Å². The van der Waals surface area contributed by atoms with Crippen LogP contribution in [0.15, 0.2) is 18.2 Å². The van der Waals surface area contributed by atoms with E-state index in [-0.39, 0.29) is 23.6 Å². The van der Waals surface area contributed by atoms with E-state index in [1.54, 1.807) is 13.0 Å². The molecule has 3 fully saturated rings. The van der Waals surface area contributed by atoms with Crippen LogP contribution in [-0.2, 0) is 4.79 Å². The van der Waals surface area contributed by atoms with E-state index in [1.165, 1.54) is 0 Å². The van der Waals surface area contributed by atoms with Crippen molar-refractivity contribution < 1.29 is 14.4 Å². The fourth-order valence-electron chi connectivity index (χ4n) is 4.65. The zero-order valence-corrected chi connectivity index (χ0v) is 20.8. The van der Waals surface area contributed by atoms with Gasteiger partial charge in [0.05, 0.1) is 17.1 Å². The van der Waals surface area contributed by atoms with Crippen molar-refractivity contribution in [2.75, 3.05) is 62.6 Å². The van der Waals surface area contributed by atoms with E-state index in [1.807, 2.05) is 21.9 Å². The Morgan fingerprint density at radius 3 is 2.54 bits per heavy atom. The molecule has 1 aliphatic carbocycles. The molecule has 2 aliphatic heterocycles. The summed E-state index contributed by atoms with van der Waals surface area (Å²) in [6.45, 7) is 7.45. The number of carbonyl (C=O) groups excluding carboxylic acids is 3. The molecule has 3 aliphatic rings. The SMILES string of the molecule is Cc1nnsc1C(=O)Nc1cc(C(=O)N2CCCNCC2)ccc1N1CCN(C(=O)C2CC2)CC1. The number of aryl methyl sites for hydroxylation is 1. The summed E-state index contributed by atoms with van der Waals surface area (Å²) in [5, 5.41) is 10.3. The molecule has 11 heteroatoms. The van der Waals surface area contributed by atoms with Gasteiger partial charge in [-0.2, -0.15) is 0 Å². The van der Waals surface area contributed by atoms with E-state index in [0.717, 1.165) is 49.6 Å². The lowest BCUT2D eigenvalue weighted by atomic mass is 10.1. The fraction of sp³-hybridized carbons (Fsp3) is 0.542. The highest BCUT2D eigenvalue weighted by Crippen LogP contribution is 2.33. The predicted octanol–water partition coefficient (Wildman–Crippen LogP) is 1.59. The van der Waals surface area contributed by atoms with Crippen LogP contribution in [0.1, 0.15) is 45.0 Å². The average Bonchev–Trinajstić information content (AvgIpc) is 3.68. The van der Waals surface area contributed by atoms with E-state index in [2.05, 4.69) is 25.1 Å². The molecule has 5 rings (SSSR count). The number of nitrogens with one attached hydrogen (secondary N) is 2. The van der Waals surface area contributed by atoms with Crippen LogP contribution in [0, 0.1) is 12.8 Å². The Balaban J connectivity index is 1.38. The smallest absolute Gasteiger partial charge is 0.269 e. The maximum Gasteiger partial charge on any atom is 0.269 e. The van der Waals surface area contributed by atoms with E-state index in [9.17, 15) is 14.4 Å². The molecule has 2 saturated heterocycles. The predicted molar refractivity (Wildman–Crippen MR) is 134 cm³/mol. The van der Waals surface area contributed by atoms with Gasteiger partial charge in [0.25, 0.3) is 11.8 Å². The van der Waals surface area contributed by atoms with Crippen molar-refractivity contribution in [2.24, 2.45) is 5.92 Å². The number of rotatable bonds is 5. The first-order valence-electron chi connectivity index (χ1n) is 12.3. The first-order valence-corrected chi connectivity index (χ1v) is 13.1. The number of aromatic nitrogens is 2. The minimum absolute atomic E-state index is 0.0359. The van der Waals surface area contributed by atoms with Crippen molar-refractivity contribution in [3.63, 3.8) is 0 Å². The quantitative estimate of drug-likeness (QED) is 0.645. The number of hydrogen-bond acceptors (Lipinski definition) is 8. The van der Waals surface area contributed by atoms with Crippen molar-refractivity contribution in [3.05, 3.63) is 34.3 Å². The third kappa shape index (κ3) is 5.30. The molecule has 1 saturated carbocycles. The van der Waals surface area contributed by atoms with Crippen LogP contribution in [-0.4, -0.2) is 89.5 Å². The number of nitrogens with zero attached hydrogens (tertiary/aromatic N) is 5.